The first-order chi connectivity index (χ1) is 8.11. The van der Waals surface area contributed by atoms with Crippen LogP contribution in [0.15, 0.2) is 0 Å². The molecular weight excluding hydrogens is 244 g/mol. The van der Waals surface area contributed by atoms with E-state index in [9.17, 15) is 9.90 Å². The van der Waals surface area contributed by atoms with Crippen LogP contribution >= 0.6 is 11.8 Å². The highest BCUT2D eigenvalue weighted by molar-refractivity contribution is 7.99. The molecule has 0 spiro atoms. The van der Waals surface area contributed by atoms with E-state index in [0.29, 0.717) is 12.4 Å². The Hall–Kier alpha value is -0.340. The van der Waals surface area contributed by atoms with Crippen molar-refractivity contribution < 1.29 is 19.7 Å². The van der Waals surface area contributed by atoms with Gasteiger partial charge in [-0.2, -0.15) is 11.8 Å². The molecule has 1 aliphatic heterocycles. The molecule has 17 heavy (non-hydrogen) atoms. The molecule has 1 saturated heterocycles. The number of carboxylic acids is 1. The van der Waals surface area contributed by atoms with E-state index in [1.54, 1.807) is 0 Å². The number of ether oxygens (including phenoxy) is 1. The van der Waals surface area contributed by atoms with Crippen molar-refractivity contribution in [1.29, 1.82) is 0 Å². The van der Waals surface area contributed by atoms with Crippen molar-refractivity contribution in [2.75, 3.05) is 24.7 Å². The quantitative estimate of drug-likeness (QED) is 0.447. The number of hydrogen-bond acceptors (Lipinski definition) is 6. The van der Waals surface area contributed by atoms with Gasteiger partial charge in [0, 0.05) is 12.3 Å². The number of carboxylic acid groups (broad SMARTS) is 1. The molecule has 0 aromatic heterocycles. The van der Waals surface area contributed by atoms with Gasteiger partial charge in [-0.15, -0.1) is 0 Å². The van der Waals surface area contributed by atoms with Gasteiger partial charge in [-0.05, 0) is 18.6 Å². The van der Waals surface area contributed by atoms with Gasteiger partial charge in [0.05, 0.1) is 12.6 Å². The second-order valence-corrected chi connectivity index (χ2v) is 5.13. The van der Waals surface area contributed by atoms with E-state index in [2.05, 4.69) is 5.32 Å². The number of hydrogen-bond donors (Lipinski definition) is 4. The van der Waals surface area contributed by atoms with Crippen LogP contribution in [-0.4, -0.2) is 59.2 Å². The number of carbonyl (C=O) groups is 1. The number of aliphatic hydroxyl groups is 1. The fraction of sp³-hybridized carbons (Fsp3) is 0.900. The van der Waals surface area contributed by atoms with Crippen molar-refractivity contribution in [3.8, 4) is 0 Å². The fourth-order valence-electron chi connectivity index (χ4n) is 1.57. The Bertz CT molecular complexity index is 242. The molecule has 0 aliphatic carbocycles. The van der Waals surface area contributed by atoms with E-state index in [1.165, 1.54) is 11.8 Å². The predicted molar refractivity (Wildman–Crippen MR) is 65.9 cm³/mol. The highest BCUT2D eigenvalue weighted by atomic mass is 32.2. The summed E-state index contributed by atoms with van der Waals surface area (Å²) in [4.78, 5) is 10.5. The van der Waals surface area contributed by atoms with E-state index in [4.69, 9.17) is 15.6 Å². The second-order valence-electron chi connectivity index (χ2n) is 3.98. The first-order valence-corrected chi connectivity index (χ1v) is 6.86. The Balaban J connectivity index is 2.02. The zero-order chi connectivity index (χ0) is 12.7. The van der Waals surface area contributed by atoms with Crippen LogP contribution in [0.5, 0.6) is 0 Å². The zero-order valence-corrected chi connectivity index (χ0v) is 10.5. The lowest BCUT2D eigenvalue weighted by molar-refractivity contribution is -0.140. The lowest BCUT2D eigenvalue weighted by Crippen LogP contribution is -2.48. The van der Waals surface area contributed by atoms with Crippen molar-refractivity contribution >= 4 is 17.7 Å². The minimum atomic E-state index is -0.963. The van der Waals surface area contributed by atoms with Crippen LogP contribution in [0.1, 0.15) is 12.8 Å². The fourth-order valence-corrected chi connectivity index (χ4v) is 2.51. The Labute approximate surface area is 105 Å². The monoisotopic (exact) mass is 264 g/mol. The maximum absolute atomic E-state index is 10.5. The molecule has 0 amide bonds. The number of nitrogens with two attached hydrogens (primary N) is 1. The molecule has 0 bridgehead atoms. The summed E-state index contributed by atoms with van der Waals surface area (Å²) in [6.45, 7) is 1.30. The molecule has 6 nitrogen and oxygen atoms in total. The molecule has 7 heteroatoms. The van der Waals surface area contributed by atoms with E-state index in [0.717, 1.165) is 25.1 Å². The van der Waals surface area contributed by atoms with Crippen molar-refractivity contribution in [1.82, 2.24) is 5.32 Å². The largest absolute Gasteiger partial charge is 0.480 e. The van der Waals surface area contributed by atoms with Crippen molar-refractivity contribution in [3.05, 3.63) is 0 Å². The number of aliphatic hydroxyl groups excluding tert-OH is 1. The molecule has 3 atom stereocenters. The second kappa shape index (κ2) is 7.88. The van der Waals surface area contributed by atoms with E-state index in [1.807, 2.05) is 0 Å². The lowest BCUT2D eigenvalue weighted by Gasteiger charge is -2.29. The number of morpholine rings is 1. The summed E-state index contributed by atoms with van der Waals surface area (Å²) in [6, 6.07) is -0.806. The molecule has 0 radical (unpaired) electrons. The number of thioether (sulfide) groups is 1. The summed E-state index contributed by atoms with van der Waals surface area (Å²) in [7, 11) is 0. The number of aliphatic carboxylic acids is 1. The summed E-state index contributed by atoms with van der Waals surface area (Å²) in [5.74, 6) is 0.300. The molecule has 5 N–H and O–H groups in total. The minimum absolute atomic E-state index is 0.0162. The summed E-state index contributed by atoms with van der Waals surface area (Å²) in [5.41, 5.74) is 5.37. The normalized spacial score (nSPS) is 26.7. The van der Waals surface area contributed by atoms with Gasteiger partial charge in [0.25, 0.3) is 0 Å². The van der Waals surface area contributed by atoms with Crippen LogP contribution in [0.3, 0.4) is 0 Å². The topological polar surface area (TPSA) is 105 Å². The smallest absolute Gasteiger partial charge is 0.321 e. The Morgan fingerprint density at radius 3 is 3.06 bits per heavy atom. The average molecular weight is 264 g/mol. The van der Waals surface area contributed by atoms with Gasteiger partial charge in [0.1, 0.15) is 6.04 Å². The first kappa shape index (κ1) is 14.7. The summed E-state index contributed by atoms with van der Waals surface area (Å²) < 4.78 is 5.11. The van der Waals surface area contributed by atoms with Gasteiger partial charge < -0.3 is 26.0 Å². The van der Waals surface area contributed by atoms with E-state index >= 15 is 0 Å². The molecule has 0 saturated carbocycles. The average Bonchev–Trinajstić information content (AvgIpc) is 2.30. The third-order valence-electron chi connectivity index (χ3n) is 2.56. The van der Waals surface area contributed by atoms with Gasteiger partial charge in [-0.25, -0.2) is 0 Å². The molecule has 100 valence electrons. The van der Waals surface area contributed by atoms with Crippen LogP contribution in [0.2, 0.25) is 0 Å². The molecule has 1 aliphatic rings. The van der Waals surface area contributed by atoms with Crippen LogP contribution in [0.4, 0.5) is 0 Å². The molecule has 1 heterocycles. The third kappa shape index (κ3) is 5.69. The van der Waals surface area contributed by atoms with Gasteiger partial charge >= 0.3 is 5.97 Å². The summed E-state index contributed by atoms with van der Waals surface area (Å²) in [6.07, 6.45) is 0.987. The van der Waals surface area contributed by atoms with E-state index < -0.39 is 18.3 Å². The molecule has 0 aromatic rings. The first-order valence-electron chi connectivity index (χ1n) is 5.70. The van der Waals surface area contributed by atoms with Crippen LogP contribution in [-0.2, 0) is 9.53 Å². The van der Waals surface area contributed by atoms with Gasteiger partial charge in [-0.3, -0.25) is 4.79 Å². The molecule has 1 fully saturated rings. The Morgan fingerprint density at radius 1 is 1.65 bits per heavy atom. The van der Waals surface area contributed by atoms with E-state index in [-0.39, 0.29) is 6.04 Å². The standard InChI is InChI=1S/C10H20N2O4S/c11-7(9(13)14)6-17-5-1-2-8-10(15)16-4-3-12-8/h7-8,10,12,15H,1-6,11H2,(H,13,14)/t7-,8?,10?/m0/s1. The SMILES string of the molecule is N[C@@H](CSCCCC1NCCOC1O)C(=O)O. The van der Waals surface area contributed by atoms with Crippen LogP contribution < -0.4 is 11.1 Å². The highest BCUT2D eigenvalue weighted by Crippen LogP contribution is 2.12. The van der Waals surface area contributed by atoms with Gasteiger partial charge in [-0.1, -0.05) is 0 Å². The predicted octanol–water partition coefficient (Wildman–Crippen LogP) is -0.781. The molecule has 2 unspecified atom stereocenters. The third-order valence-corrected chi connectivity index (χ3v) is 3.73. The van der Waals surface area contributed by atoms with Gasteiger partial charge in [0.15, 0.2) is 6.29 Å². The number of rotatable bonds is 7. The Morgan fingerprint density at radius 2 is 2.41 bits per heavy atom. The van der Waals surface area contributed by atoms with Crippen LogP contribution in [0.25, 0.3) is 0 Å². The molecule has 0 aromatic carbocycles. The maximum Gasteiger partial charge on any atom is 0.321 e. The van der Waals surface area contributed by atoms with Crippen molar-refractivity contribution in [2.45, 2.75) is 31.2 Å². The maximum atomic E-state index is 10.5. The van der Waals surface area contributed by atoms with Crippen molar-refractivity contribution in [3.63, 3.8) is 0 Å². The highest BCUT2D eigenvalue weighted by Gasteiger charge is 2.22. The lowest BCUT2D eigenvalue weighted by atomic mass is 10.1. The zero-order valence-electron chi connectivity index (χ0n) is 9.67. The molecule has 1 rings (SSSR count). The minimum Gasteiger partial charge on any atom is -0.480 e. The summed E-state index contributed by atoms with van der Waals surface area (Å²) in [5, 5.41) is 21.3. The van der Waals surface area contributed by atoms with Crippen molar-refractivity contribution in [2.24, 2.45) is 5.73 Å². The van der Waals surface area contributed by atoms with Crippen LogP contribution in [0, 0.1) is 0 Å². The number of nitrogens with one attached hydrogen (secondary N) is 1. The Kier molecular flexibility index (Phi) is 6.83. The van der Waals surface area contributed by atoms with Gasteiger partial charge in [0.2, 0.25) is 0 Å². The molecular formula is C10H20N2O4S. The summed E-state index contributed by atoms with van der Waals surface area (Å²) >= 11 is 1.52.